The van der Waals surface area contributed by atoms with Gasteiger partial charge in [-0.3, -0.25) is 4.98 Å². The molecular weight excluding hydrogens is 296 g/mol. The molecule has 0 bridgehead atoms. The third-order valence-electron chi connectivity index (χ3n) is 2.31. The molecular formula is C12H7BrN4O. The van der Waals surface area contributed by atoms with Gasteiger partial charge in [0.15, 0.2) is 0 Å². The molecule has 5 nitrogen and oxygen atoms in total. The molecule has 6 heteroatoms. The zero-order chi connectivity index (χ0) is 12.4. The zero-order valence-electron chi connectivity index (χ0n) is 9.12. The van der Waals surface area contributed by atoms with Gasteiger partial charge in [-0.15, -0.1) is 0 Å². The first-order valence-corrected chi connectivity index (χ1v) is 5.98. The first-order valence-electron chi connectivity index (χ1n) is 5.19. The fraction of sp³-hybridized carbons (Fsp3) is 0. The van der Waals surface area contributed by atoms with E-state index in [1.165, 1.54) is 0 Å². The van der Waals surface area contributed by atoms with Crippen molar-refractivity contribution in [3.63, 3.8) is 0 Å². The molecule has 0 spiro atoms. The highest BCUT2D eigenvalue weighted by Crippen LogP contribution is 2.21. The van der Waals surface area contributed by atoms with Crippen LogP contribution in [0.2, 0.25) is 0 Å². The molecule has 18 heavy (non-hydrogen) atoms. The molecule has 2 aromatic heterocycles. The van der Waals surface area contributed by atoms with E-state index in [9.17, 15) is 0 Å². The number of nitrogens with zero attached hydrogens (tertiary/aromatic N) is 4. The predicted octanol–water partition coefficient (Wildman–Crippen LogP) is 2.96. The summed E-state index contributed by atoms with van der Waals surface area (Å²) in [5.74, 6) is 0.893. The normalized spacial score (nSPS) is 10.5. The summed E-state index contributed by atoms with van der Waals surface area (Å²) in [6, 6.07) is 7.67. The van der Waals surface area contributed by atoms with Gasteiger partial charge in [-0.1, -0.05) is 21.1 Å². The Labute approximate surface area is 111 Å². The second-order valence-corrected chi connectivity index (χ2v) is 4.44. The van der Waals surface area contributed by atoms with Gasteiger partial charge in [0.25, 0.3) is 5.89 Å². The lowest BCUT2D eigenvalue weighted by Crippen LogP contribution is -1.84. The molecule has 0 saturated carbocycles. The van der Waals surface area contributed by atoms with Crippen LogP contribution in [0.1, 0.15) is 0 Å². The highest BCUT2D eigenvalue weighted by Gasteiger charge is 2.11. The van der Waals surface area contributed by atoms with Gasteiger partial charge in [0.2, 0.25) is 5.82 Å². The van der Waals surface area contributed by atoms with Crippen molar-refractivity contribution in [2.45, 2.75) is 0 Å². The van der Waals surface area contributed by atoms with Crippen molar-refractivity contribution in [3.8, 4) is 23.0 Å². The largest absolute Gasteiger partial charge is 0.332 e. The Hall–Kier alpha value is -2.08. The van der Waals surface area contributed by atoms with Gasteiger partial charge in [0.05, 0.1) is 6.20 Å². The van der Waals surface area contributed by atoms with Crippen molar-refractivity contribution < 1.29 is 4.52 Å². The number of halogens is 1. The standard InChI is InChI=1S/C12H7BrN4O/c13-9-3-1-8(2-4-9)11-16-12(18-17-11)10-7-14-5-6-15-10/h1-7H. The molecule has 0 amide bonds. The number of hydrogen-bond acceptors (Lipinski definition) is 5. The summed E-state index contributed by atoms with van der Waals surface area (Å²) >= 11 is 3.38. The summed E-state index contributed by atoms with van der Waals surface area (Å²) < 4.78 is 6.16. The molecule has 3 aromatic rings. The van der Waals surface area contributed by atoms with E-state index in [0.29, 0.717) is 17.4 Å². The van der Waals surface area contributed by atoms with Crippen LogP contribution in [-0.2, 0) is 0 Å². The summed E-state index contributed by atoms with van der Waals surface area (Å²) in [4.78, 5) is 12.3. The second-order valence-electron chi connectivity index (χ2n) is 3.52. The highest BCUT2D eigenvalue weighted by molar-refractivity contribution is 9.10. The third kappa shape index (κ3) is 2.14. The molecule has 0 radical (unpaired) electrons. The minimum absolute atomic E-state index is 0.362. The smallest absolute Gasteiger partial charge is 0.278 e. The van der Waals surface area contributed by atoms with Gasteiger partial charge in [-0.05, 0) is 24.3 Å². The van der Waals surface area contributed by atoms with Gasteiger partial charge < -0.3 is 4.52 Å². The van der Waals surface area contributed by atoms with E-state index in [1.807, 2.05) is 24.3 Å². The first-order chi connectivity index (χ1) is 8.83. The summed E-state index contributed by atoms with van der Waals surface area (Å²) in [5.41, 5.74) is 1.45. The maximum absolute atomic E-state index is 5.16. The molecule has 0 N–H and O–H groups in total. The fourth-order valence-corrected chi connectivity index (χ4v) is 1.72. The van der Waals surface area contributed by atoms with E-state index in [0.717, 1.165) is 10.0 Å². The van der Waals surface area contributed by atoms with Gasteiger partial charge in [-0.2, -0.15) is 4.98 Å². The summed E-state index contributed by atoms with van der Waals surface area (Å²) in [6.45, 7) is 0. The molecule has 0 unspecified atom stereocenters. The molecule has 0 aliphatic heterocycles. The summed E-state index contributed by atoms with van der Waals surface area (Å²) in [6.07, 6.45) is 4.76. The second kappa shape index (κ2) is 4.66. The highest BCUT2D eigenvalue weighted by atomic mass is 79.9. The molecule has 0 aliphatic rings. The van der Waals surface area contributed by atoms with E-state index in [2.05, 4.69) is 36.0 Å². The first kappa shape index (κ1) is 11.0. The molecule has 2 heterocycles. The topological polar surface area (TPSA) is 64.7 Å². The Bertz CT molecular complexity index is 651. The lowest BCUT2D eigenvalue weighted by atomic mass is 10.2. The van der Waals surface area contributed by atoms with Crippen LogP contribution in [0, 0.1) is 0 Å². The van der Waals surface area contributed by atoms with Crippen molar-refractivity contribution in [2.24, 2.45) is 0 Å². The number of aromatic nitrogens is 4. The molecule has 3 rings (SSSR count). The average molecular weight is 303 g/mol. The molecule has 0 fully saturated rings. The van der Waals surface area contributed by atoms with Gasteiger partial charge in [0.1, 0.15) is 5.69 Å². The summed E-state index contributed by atoms with van der Waals surface area (Å²) in [5, 5.41) is 3.92. The molecule has 88 valence electrons. The van der Waals surface area contributed by atoms with Crippen molar-refractivity contribution in [3.05, 3.63) is 47.3 Å². The zero-order valence-corrected chi connectivity index (χ0v) is 10.7. The quantitative estimate of drug-likeness (QED) is 0.728. The van der Waals surface area contributed by atoms with E-state index in [4.69, 9.17) is 4.52 Å². The Morgan fingerprint density at radius 3 is 2.61 bits per heavy atom. The van der Waals surface area contributed by atoms with Crippen LogP contribution in [0.15, 0.2) is 51.9 Å². The van der Waals surface area contributed by atoms with E-state index in [-0.39, 0.29) is 0 Å². The Kier molecular flexibility index (Phi) is 2.85. The minimum Gasteiger partial charge on any atom is -0.332 e. The number of hydrogen-bond donors (Lipinski definition) is 0. The Balaban J connectivity index is 1.97. The van der Waals surface area contributed by atoms with Crippen molar-refractivity contribution >= 4 is 15.9 Å². The number of rotatable bonds is 2. The Morgan fingerprint density at radius 2 is 1.89 bits per heavy atom. The van der Waals surface area contributed by atoms with Crippen LogP contribution in [0.3, 0.4) is 0 Å². The van der Waals surface area contributed by atoms with Crippen LogP contribution in [-0.4, -0.2) is 20.1 Å². The van der Waals surface area contributed by atoms with Gasteiger partial charge >= 0.3 is 0 Å². The van der Waals surface area contributed by atoms with Crippen molar-refractivity contribution in [2.75, 3.05) is 0 Å². The van der Waals surface area contributed by atoms with Crippen LogP contribution in [0.4, 0.5) is 0 Å². The van der Waals surface area contributed by atoms with Crippen molar-refractivity contribution in [1.29, 1.82) is 0 Å². The van der Waals surface area contributed by atoms with Crippen LogP contribution < -0.4 is 0 Å². The maximum Gasteiger partial charge on any atom is 0.278 e. The lowest BCUT2D eigenvalue weighted by molar-refractivity contribution is 0.431. The molecule has 0 atom stereocenters. The Morgan fingerprint density at radius 1 is 1.06 bits per heavy atom. The fourth-order valence-electron chi connectivity index (χ4n) is 1.45. The van der Waals surface area contributed by atoms with E-state index < -0.39 is 0 Å². The molecule has 0 saturated heterocycles. The molecule has 0 aliphatic carbocycles. The predicted molar refractivity (Wildman–Crippen MR) is 68.5 cm³/mol. The van der Waals surface area contributed by atoms with Crippen LogP contribution >= 0.6 is 15.9 Å². The van der Waals surface area contributed by atoms with E-state index >= 15 is 0 Å². The van der Waals surface area contributed by atoms with Gasteiger partial charge in [0, 0.05) is 22.4 Å². The van der Waals surface area contributed by atoms with Crippen LogP contribution in [0.5, 0.6) is 0 Å². The van der Waals surface area contributed by atoms with Crippen molar-refractivity contribution in [1.82, 2.24) is 20.1 Å². The average Bonchev–Trinajstić information content (AvgIpc) is 2.90. The minimum atomic E-state index is 0.362. The lowest BCUT2D eigenvalue weighted by Gasteiger charge is -1.93. The van der Waals surface area contributed by atoms with Crippen LogP contribution in [0.25, 0.3) is 23.0 Å². The maximum atomic E-state index is 5.16. The monoisotopic (exact) mass is 302 g/mol. The summed E-state index contributed by atoms with van der Waals surface area (Å²) in [7, 11) is 0. The van der Waals surface area contributed by atoms with E-state index in [1.54, 1.807) is 18.6 Å². The molecule has 1 aromatic carbocycles. The SMILES string of the molecule is Brc1ccc(-c2noc(-c3cnccn3)n2)cc1. The van der Waals surface area contributed by atoms with Gasteiger partial charge in [-0.25, -0.2) is 4.98 Å². The number of benzene rings is 1. The third-order valence-corrected chi connectivity index (χ3v) is 2.84.